The van der Waals surface area contributed by atoms with Gasteiger partial charge in [-0.1, -0.05) is 13.8 Å². The van der Waals surface area contributed by atoms with Gasteiger partial charge in [-0.2, -0.15) is 0 Å². The number of guanidine groups is 1. The van der Waals surface area contributed by atoms with Crippen molar-refractivity contribution < 1.29 is 4.42 Å². The highest BCUT2D eigenvalue weighted by Crippen LogP contribution is 2.24. The van der Waals surface area contributed by atoms with Crippen molar-refractivity contribution in [2.45, 2.75) is 39.7 Å². The molecule has 0 aromatic carbocycles. The lowest BCUT2D eigenvalue weighted by Crippen LogP contribution is -2.43. The largest absolute Gasteiger partial charge is 0.468 e. The Kier molecular flexibility index (Phi) is 7.97. The number of nitrogens with one attached hydrogen (secondary N) is 2. The van der Waals surface area contributed by atoms with Crippen molar-refractivity contribution in [1.82, 2.24) is 20.4 Å². The molecular formula is C20H37N5O. The summed E-state index contributed by atoms with van der Waals surface area (Å²) < 4.78 is 5.71. The average Bonchev–Trinajstić information content (AvgIpc) is 3.25. The molecule has 148 valence electrons. The lowest BCUT2D eigenvalue weighted by molar-refractivity contribution is 0.215. The van der Waals surface area contributed by atoms with Gasteiger partial charge in [0.1, 0.15) is 5.76 Å². The summed E-state index contributed by atoms with van der Waals surface area (Å²) in [4.78, 5) is 9.56. The summed E-state index contributed by atoms with van der Waals surface area (Å²) in [6, 6.07) is 4.31. The fourth-order valence-corrected chi connectivity index (χ4v) is 3.68. The molecule has 0 bridgehead atoms. The molecular weight excluding hydrogens is 326 g/mol. The quantitative estimate of drug-likeness (QED) is 0.522. The van der Waals surface area contributed by atoms with Crippen molar-refractivity contribution in [3.63, 3.8) is 0 Å². The van der Waals surface area contributed by atoms with Crippen molar-refractivity contribution in [3.8, 4) is 0 Å². The molecule has 0 saturated carbocycles. The molecule has 1 aliphatic heterocycles. The van der Waals surface area contributed by atoms with E-state index in [1.807, 2.05) is 6.07 Å². The predicted molar refractivity (Wildman–Crippen MR) is 109 cm³/mol. The molecule has 1 saturated heterocycles. The average molecular weight is 364 g/mol. The zero-order chi connectivity index (χ0) is 19.0. The van der Waals surface area contributed by atoms with Gasteiger partial charge in [0, 0.05) is 26.2 Å². The van der Waals surface area contributed by atoms with Crippen LogP contribution < -0.4 is 10.6 Å². The van der Waals surface area contributed by atoms with E-state index >= 15 is 0 Å². The van der Waals surface area contributed by atoms with Crippen molar-refractivity contribution in [2.75, 3.05) is 53.4 Å². The molecule has 0 spiro atoms. The van der Waals surface area contributed by atoms with Crippen LogP contribution in [0.4, 0.5) is 0 Å². The first-order valence-corrected chi connectivity index (χ1v) is 9.85. The molecule has 6 heteroatoms. The van der Waals surface area contributed by atoms with E-state index in [9.17, 15) is 0 Å². The van der Waals surface area contributed by atoms with E-state index in [1.54, 1.807) is 6.26 Å². The van der Waals surface area contributed by atoms with Crippen LogP contribution in [-0.4, -0.2) is 69.1 Å². The van der Waals surface area contributed by atoms with E-state index in [4.69, 9.17) is 9.41 Å². The van der Waals surface area contributed by atoms with Crippen LogP contribution in [0.2, 0.25) is 0 Å². The highest BCUT2D eigenvalue weighted by atomic mass is 16.3. The first-order chi connectivity index (χ1) is 12.4. The molecule has 2 rings (SSSR count). The van der Waals surface area contributed by atoms with Crippen LogP contribution in [0.3, 0.4) is 0 Å². The molecule has 1 fully saturated rings. The van der Waals surface area contributed by atoms with Gasteiger partial charge >= 0.3 is 0 Å². The Balaban J connectivity index is 1.99. The maximum atomic E-state index is 5.71. The van der Waals surface area contributed by atoms with Gasteiger partial charge < -0.3 is 20.0 Å². The van der Waals surface area contributed by atoms with Crippen LogP contribution in [-0.2, 0) is 0 Å². The number of likely N-dealkylation sites (tertiary alicyclic amines) is 1. The molecule has 2 N–H and O–H groups in total. The maximum absolute atomic E-state index is 5.71. The summed E-state index contributed by atoms with van der Waals surface area (Å²) in [5.74, 6) is 1.92. The van der Waals surface area contributed by atoms with E-state index in [0.29, 0.717) is 0 Å². The molecule has 6 nitrogen and oxygen atoms in total. The zero-order valence-electron chi connectivity index (χ0n) is 17.2. The second kappa shape index (κ2) is 9.97. The number of nitrogens with zero attached hydrogens (tertiary/aromatic N) is 3. The van der Waals surface area contributed by atoms with Gasteiger partial charge in [-0.3, -0.25) is 9.89 Å². The molecule has 1 unspecified atom stereocenters. The monoisotopic (exact) mass is 363 g/mol. The van der Waals surface area contributed by atoms with Crippen LogP contribution in [0, 0.1) is 5.41 Å². The molecule has 26 heavy (non-hydrogen) atoms. The van der Waals surface area contributed by atoms with Gasteiger partial charge in [-0.15, -0.1) is 0 Å². The molecule has 1 atom stereocenters. The summed E-state index contributed by atoms with van der Waals surface area (Å²) in [7, 11) is 4.22. The molecule has 0 amide bonds. The van der Waals surface area contributed by atoms with Crippen molar-refractivity contribution in [3.05, 3.63) is 24.2 Å². The number of hydrogen-bond donors (Lipinski definition) is 2. The molecule has 0 radical (unpaired) electrons. The summed E-state index contributed by atoms with van der Waals surface area (Å²) in [5, 5.41) is 6.91. The first kappa shape index (κ1) is 20.8. The molecule has 2 heterocycles. The Morgan fingerprint density at radius 1 is 1.31 bits per heavy atom. The minimum atomic E-state index is 0.140. The minimum Gasteiger partial charge on any atom is -0.468 e. The molecule has 0 aliphatic carbocycles. The topological polar surface area (TPSA) is 56.0 Å². The Morgan fingerprint density at radius 2 is 2.04 bits per heavy atom. The third kappa shape index (κ3) is 6.65. The summed E-state index contributed by atoms with van der Waals surface area (Å²) in [6.07, 6.45) is 4.30. The number of hydrogen-bond acceptors (Lipinski definition) is 4. The highest BCUT2D eigenvalue weighted by Gasteiger charge is 2.26. The maximum Gasteiger partial charge on any atom is 0.191 e. The van der Waals surface area contributed by atoms with Gasteiger partial charge in [0.15, 0.2) is 5.96 Å². The van der Waals surface area contributed by atoms with Crippen LogP contribution in [0.5, 0.6) is 0 Å². The number of aliphatic imine (C=N–C) groups is 1. The smallest absolute Gasteiger partial charge is 0.191 e. The van der Waals surface area contributed by atoms with Crippen molar-refractivity contribution in [2.24, 2.45) is 10.4 Å². The minimum absolute atomic E-state index is 0.140. The van der Waals surface area contributed by atoms with E-state index in [0.717, 1.165) is 51.0 Å². The Hall–Kier alpha value is -1.53. The van der Waals surface area contributed by atoms with Gasteiger partial charge in [-0.05, 0) is 64.5 Å². The lowest BCUT2D eigenvalue weighted by Gasteiger charge is -2.28. The van der Waals surface area contributed by atoms with Crippen LogP contribution in [0.15, 0.2) is 27.8 Å². The van der Waals surface area contributed by atoms with E-state index in [-0.39, 0.29) is 11.5 Å². The van der Waals surface area contributed by atoms with Crippen molar-refractivity contribution >= 4 is 5.96 Å². The second-order valence-corrected chi connectivity index (χ2v) is 8.25. The summed E-state index contributed by atoms with van der Waals surface area (Å²) in [6.45, 7) is 12.3. The normalized spacial score (nSPS) is 17.7. The van der Waals surface area contributed by atoms with E-state index in [1.165, 1.54) is 12.8 Å². The first-order valence-electron chi connectivity index (χ1n) is 9.85. The van der Waals surface area contributed by atoms with Gasteiger partial charge in [0.25, 0.3) is 0 Å². The summed E-state index contributed by atoms with van der Waals surface area (Å²) >= 11 is 0. The third-order valence-corrected chi connectivity index (χ3v) is 4.67. The molecule has 1 aliphatic rings. The van der Waals surface area contributed by atoms with Crippen molar-refractivity contribution in [1.29, 1.82) is 0 Å². The third-order valence-electron chi connectivity index (χ3n) is 4.67. The summed E-state index contributed by atoms with van der Waals surface area (Å²) in [5.41, 5.74) is 0.140. The molecule has 1 aromatic rings. The fraction of sp³-hybridized carbons (Fsp3) is 0.750. The second-order valence-electron chi connectivity index (χ2n) is 8.25. The predicted octanol–water partition coefficient (Wildman–Crippen LogP) is 2.56. The van der Waals surface area contributed by atoms with E-state index < -0.39 is 0 Å². The number of rotatable bonds is 9. The zero-order valence-corrected chi connectivity index (χ0v) is 17.2. The number of furan rings is 1. The van der Waals surface area contributed by atoms with Crippen LogP contribution in [0.1, 0.15) is 45.4 Å². The molecule has 1 aromatic heterocycles. The SMILES string of the molecule is CCNC(=NCC(C)(C)CN(C)C)NCC(c1ccco1)N1CCCC1. The van der Waals surface area contributed by atoms with Crippen LogP contribution in [0.25, 0.3) is 0 Å². The lowest BCUT2D eigenvalue weighted by atomic mass is 9.93. The standard InChI is InChI=1S/C20H37N5O/c1-6-21-19(23-15-20(2,3)16-24(4)5)22-14-17(18-10-9-13-26-18)25-11-7-8-12-25/h9-10,13,17H,6-8,11-12,14-16H2,1-5H3,(H2,21,22,23). The fourth-order valence-electron chi connectivity index (χ4n) is 3.68. The van der Waals surface area contributed by atoms with E-state index in [2.05, 4.69) is 61.4 Å². The van der Waals surface area contributed by atoms with Gasteiger partial charge in [0.05, 0.1) is 12.3 Å². The Labute approximate surface area is 159 Å². The Bertz CT molecular complexity index is 532. The van der Waals surface area contributed by atoms with Gasteiger partial charge in [-0.25, -0.2) is 0 Å². The van der Waals surface area contributed by atoms with Crippen LogP contribution >= 0.6 is 0 Å². The highest BCUT2D eigenvalue weighted by molar-refractivity contribution is 5.79. The Morgan fingerprint density at radius 3 is 2.62 bits per heavy atom. The van der Waals surface area contributed by atoms with Gasteiger partial charge in [0.2, 0.25) is 0 Å².